The van der Waals surface area contributed by atoms with Crippen molar-refractivity contribution in [2.75, 3.05) is 0 Å². The molecular formula is C18F26O. The molecule has 0 saturated carbocycles. The van der Waals surface area contributed by atoms with Crippen LogP contribution < -0.4 is 0 Å². The molecular weight excluding hydrogens is 726 g/mol. The molecule has 0 aliphatic heterocycles. The highest BCUT2D eigenvalue weighted by Crippen LogP contribution is 2.68. The molecule has 0 spiro atoms. The summed E-state index contributed by atoms with van der Waals surface area (Å²) in [5.41, 5.74) is -31.5. The zero-order valence-electron chi connectivity index (χ0n) is 19.2. The average molecular weight is 726 g/mol. The number of halogens is 26. The number of hydrogen-bond acceptors (Lipinski definition) is 1. The second kappa shape index (κ2) is 9.33. The normalized spacial score (nSPS) is 22.0. The zero-order chi connectivity index (χ0) is 36.5. The van der Waals surface area contributed by atoms with Crippen LogP contribution in [-0.4, -0.2) is 59.8 Å². The summed E-state index contributed by atoms with van der Waals surface area (Å²) >= 11 is 0. The van der Waals surface area contributed by atoms with E-state index in [9.17, 15) is 115 Å². The summed E-state index contributed by atoms with van der Waals surface area (Å²) in [6, 6.07) is 0. The molecule has 0 bridgehead atoms. The van der Waals surface area contributed by atoms with E-state index in [1.807, 2.05) is 0 Å². The third kappa shape index (κ3) is 4.07. The lowest BCUT2D eigenvalue weighted by Crippen LogP contribution is -2.77. The first kappa shape index (κ1) is 38.3. The number of ketones is 1. The highest BCUT2D eigenvalue weighted by atomic mass is 19.4. The molecule has 1 aromatic rings. The van der Waals surface area contributed by atoms with E-state index in [-0.39, 0.29) is 0 Å². The SMILES string of the molecule is O=C1c2c(F)c(C(C(F)(F)F)(C(F)(F)F)C(F)(F)F)c(F)c(F)c2C(F)(F)C(F)(F)C1(F)C(F)(F)C(F)(F)C(F)(F)C(F)(F)F. The van der Waals surface area contributed by atoms with Crippen molar-refractivity contribution in [1.82, 2.24) is 0 Å². The lowest BCUT2D eigenvalue weighted by Gasteiger charge is -2.48. The first-order chi connectivity index (χ1) is 19.3. The van der Waals surface area contributed by atoms with E-state index in [2.05, 4.69) is 0 Å². The van der Waals surface area contributed by atoms with Crippen molar-refractivity contribution in [2.45, 2.75) is 65.4 Å². The Bertz CT molecular complexity index is 1350. The number of alkyl halides is 23. The highest BCUT2D eigenvalue weighted by Gasteiger charge is 2.96. The minimum Gasteiger partial charge on any atom is -0.290 e. The Morgan fingerprint density at radius 3 is 1.13 bits per heavy atom. The molecule has 2 rings (SSSR count). The standard InChI is InChI=1S/C18F26O/c19-4-1-2(5(20)6(21)3(4)8(15(33,34)35,16(36,37)38)17(39,40)41)10(23,24)11(25,26)9(22,7(1)45)12(27,28)13(29,30)14(31,32)18(42,43)44. The summed E-state index contributed by atoms with van der Waals surface area (Å²) in [6.45, 7) is 0. The maximum atomic E-state index is 15.1. The average Bonchev–Trinajstić information content (AvgIpc) is 2.77. The summed E-state index contributed by atoms with van der Waals surface area (Å²) in [5, 5.41) is 0. The third-order valence-corrected chi connectivity index (χ3v) is 6.23. The van der Waals surface area contributed by atoms with Gasteiger partial charge in [-0.05, 0) is 0 Å². The summed E-state index contributed by atoms with van der Waals surface area (Å²) < 4.78 is 356. The van der Waals surface area contributed by atoms with Crippen molar-refractivity contribution in [1.29, 1.82) is 0 Å². The largest absolute Gasteiger partial charge is 0.460 e. The topological polar surface area (TPSA) is 17.1 Å². The first-order valence-electron chi connectivity index (χ1n) is 9.87. The van der Waals surface area contributed by atoms with E-state index in [0.717, 1.165) is 0 Å². The van der Waals surface area contributed by atoms with Gasteiger partial charge in [-0.3, -0.25) is 4.79 Å². The van der Waals surface area contributed by atoms with Crippen LogP contribution in [-0.2, 0) is 11.3 Å². The van der Waals surface area contributed by atoms with Gasteiger partial charge in [0.05, 0.1) is 16.7 Å². The first-order valence-corrected chi connectivity index (χ1v) is 9.87. The molecule has 0 N–H and O–H groups in total. The van der Waals surface area contributed by atoms with E-state index in [1.165, 1.54) is 0 Å². The maximum Gasteiger partial charge on any atom is 0.460 e. The number of Topliss-reactive ketones (excluding diaryl/α,β-unsaturated/α-hetero) is 1. The van der Waals surface area contributed by atoms with Crippen LogP contribution in [0.4, 0.5) is 114 Å². The van der Waals surface area contributed by atoms with Gasteiger partial charge < -0.3 is 0 Å². The van der Waals surface area contributed by atoms with Crippen molar-refractivity contribution in [3.63, 3.8) is 0 Å². The number of hydrogen-bond donors (Lipinski definition) is 0. The summed E-state index contributed by atoms with van der Waals surface area (Å²) in [5.74, 6) is -63.3. The van der Waals surface area contributed by atoms with Gasteiger partial charge in [0.2, 0.25) is 5.78 Å². The van der Waals surface area contributed by atoms with Gasteiger partial charge >= 0.3 is 60.0 Å². The molecule has 1 aliphatic carbocycles. The smallest absolute Gasteiger partial charge is 0.290 e. The molecule has 0 amide bonds. The highest BCUT2D eigenvalue weighted by molar-refractivity contribution is 6.07. The molecule has 0 fully saturated rings. The molecule has 0 saturated heterocycles. The number of carbonyl (C=O) groups is 1. The van der Waals surface area contributed by atoms with Crippen LogP contribution in [0.3, 0.4) is 0 Å². The molecule has 1 atom stereocenters. The quantitative estimate of drug-likeness (QED) is 0.224. The molecule has 45 heavy (non-hydrogen) atoms. The van der Waals surface area contributed by atoms with Crippen molar-refractivity contribution < 1.29 is 119 Å². The van der Waals surface area contributed by atoms with Crippen LogP contribution in [0.1, 0.15) is 21.5 Å². The summed E-state index contributed by atoms with van der Waals surface area (Å²) in [7, 11) is 0. The molecule has 0 aromatic heterocycles. The van der Waals surface area contributed by atoms with E-state index in [1.54, 1.807) is 0 Å². The van der Waals surface area contributed by atoms with Crippen molar-refractivity contribution in [3.8, 4) is 0 Å². The van der Waals surface area contributed by atoms with Crippen LogP contribution in [0.25, 0.3) is 0 Å². The third-order valence-electron chi connectivity index (χ3n) is 6.23. The molecule has 1 aromatic carbocycles. The monoisotopic (exact) mass is 726 g/mol. The Morgan fingerprint density at radius 2 is 0.822 bits per heavy atom. The Kier molecular flexibility index (Phi) is 7.93. The number of rotatable bonds is 4. The molecule has 1 unspecified atom stereocenters. The Hall–Kier alpha value is -2.93. The van der Waals surface area contributed by atoms with Crippen LogP contribution in [0.15, 0.2) is 0 Å². The molecule has 27 heteroatoms. The van der Waals surface area contributed by atoms with Crippen molar-refractivity contribution in [3.05, 3.63) is 34.1 Å². The van der Waals surface area contributed by atoms with Gasteiger partial charge in [-0.25, -0.2) is 17.6 Å². The molecule has 1 nitrogen and oxygen atoms in total. The maximum absolute atomic E-state index is 15.1. The molecule has 0 radical (unpaired) electrons. The predicted molar refractivity (Wildman–Crippen MR) is 84.1 cm³/mol. The Balaban J connectivity index is 3.39. The number of benzene rings is 1. The van der Waals surface area contributed by atoms with E-state index in [0.29, 0.717) is 0 Å². The van der Waals surface area contributed by atoms with E-state index in [4.69, 9.17) is 0 Å². The minimum absolute atomic E-state index is 4.55. The fourth-order valence-corrected chi connectivity index (χ4v) is 4.02. The van der Waals surface area contributed by atoms with Gasteiger partial charge in [-0.1, -0.05) is 0 Å². The Labute approximate surface area is 225 Å². The minimum atomic E-state index is -9.09. The van der Waals surface area contributed by atoms with Gasteiger partial charge in [-0.15, -0.1) is 0 Å². The molecule has 260 valence electrons. The van der Waals surface area contributed by atoms with Crippen molar-refractivity contribution >= 4 is 5.78 Å². The molecule has 1 aliphatic rings. The van der Waals surface area contributed by atoms with E-state index >= 15 is 4.39 Å². The summed E-state index contributed by atoms with van der Waals surface area (Å²) in [4.78, 5) is 12.1. The number of carbonyl (C=O) groups excluding carboxylic acids is 1. The van der Waals surface area contributed by atoms with Crippen LogP contribution in [0.2, 0.25) is 0 Å². The predicted octanol–water partition coefficient (Wildman–Crippen LogP) is 9.13. The van der Waals surface area contributed by atoms with Crippen molar-refractivity contribution in [2.24, 2.45) is 0 Å². The van der Waals surface area contributed by atoms with E-state index < -0.39 is 105 Å². The van der Waals surface area contributed by atoms with Gasteiger partial charge in [0, 0.05) is 0 Å². The molecule has 0 heterocycles. The fraction of sp³-hybridized carbons (Fsp3) is 0.611. The Morgan fingerprint density at radius 1 is 0.467 bits per heavy atom. The van der Waals surface area contributed by atoms with Crippen LogP contribution >= 0.6 is 0 Å². The lowest BCUT2D eigenvalue weighted by molar-refractivity contribution is -0.426. The second-order valence-electron chi connectivity index (χ2n) is 8.67. The van der Waals surface area contributed by atoms with Gasteiger partial charge in [0.1, 0.15) is 5.82 Å². The number of fused-ring (bicyclic) bond motifs is 1. The van der Waals surface area contributed by atoms with Gasteiger partial charge in [-0.2, -0.15) is 96.6 Å². The zero-order valence-corrected chi connectivity index (χ0v) is 19.2. The lowest BCUT2D eigenvalue weighted by atomic mass is 9.67. The summed E-state index contributed by atoms with van der Waals surface area (Å²) in [6.07, 6.45) is -33.3. The van der Waals surface area contributed by atoms with Crippen LogP contribution in [0, 0.1) is 17.5 Å². The fourth-order valence-electron chi connectivity index (χ4n) is 4.02. The van der Waals surface area contributed by atoms with Crippen LogP contribution in [0.5, 0.6) is 0 Å². The van der Waals surface area contributed by atoms with Gasteiger partial charge in [0.25, 0.3) is 5.41 Å². The second-order valence-corrected chi connectivity index (χ2v) is 8.67. The van der Waals surface area contributed by atoms with Gasteiger partial charge in [0.15, 0.2) is 11.6 Å².